The lowest BCUT2D eigenvalue weighted by Gasteiger charge is -2.10. The first-order valence-corrected chi connectivity index (χ1v) is 6.41. The summed E-state index contributed by atoms with van der Waals surface area (Å²) in [5, 5.41) is 20.4. The van der Waals surface area contributed by atoms with Gasteiger partial charge in [-0.1, -0.05) is 30.3 Å². The van der Waals surface area contributed by atoms with Crippen molar-refractivity contribution in [3.63, 3.8) is 0 Å². The first-order valence-electron chi connectivity index (χ1n) is 6.41. The van der Waals surface area contributed by atoms with Gasteiger partial charge in [0.05, 0.1) is 12.3 Å². The molecule has 0 bridgehead atoms. The van der Waals surface area contributed by atoms with Crippen LogP contribution in [-0.4, -0.2) is 27.3 Å². The maximum atomic E-state index is 11.7. The second-order valence-electron chi connectivity index (χ2n) is 4.39. The largest absolute Gasteiger partial charge is 0.476 e. The van der Waals surface area contributed by atoms with Gasteiger partial charge in [-0.25, -0.2) is 14.6 Å². The maximum absolute atomic E-state index is 11.7. The van der Waals surface area contributed by atoms with Crippen LogP contribution >= 0.6 is 0 Å². The molecule has 2 rings (SSSR count). The lowest BCUT2D eigenvalue weighted by atomic mass is 10.2. The van der Waals surface area contributed by atoms with E-state index in [-0.39, 0.29) is 24.6 Å². The van der Waals surface area contributed by atoms with Crippen LogP contribution < -0.4 is 5.32 Å². The lowest BCUT2D eigenvalue weighted by Crippen LogP contribution is -2.17. The first kappa shape index (κ1) is 15.5. The quantitative estimate of drug-likeness (QED) is 0.779. The minimum atomic E-state index is -1.29. The van der Waals surface area contributed by atoms with Gasteiger partial charge in [0.2, 0.25) is 0 Å². The number of aliphatic hydroxyl groups excluding tert-OH is 1. The van der Waals surface area contributed by atoms with Crippen LogP contribution in [0.5, 0.6) is 0 Å². The van der Waals surface area contributed by atoms with Crippen molar-refractivity contribution in [1.29, 1.82) is 0 Å². The number of aliphatic hydroxyl groups is 1. The summed E-state index contributed by atoms with van der Waals surface area (Å²) in [6.45, 7) is -0.261. The summed E-state index contributed by atoms with van der Waals surface area (Å²) in [6.07, 6.45) is 0.424. The van der Waals surface area contributed by atoms with Gasteiger partial charge in [0.15, 0.2) is 5.69 Å². The number of nitrogens with one attached hydrogen (secondary N) is 1. The summed E-state index contributed by atoms with van der Waals surface area (Å²) in [5.41, 5.74) is 0.827. The summed E-state index contributed by atoms with van der Waals surface area (Å²) in [6, 6.07) is 10.4. The third-order valence-corrected chi connectivity index (χ3v) is 2.78. The van der Waals surface area contributed by atoms with Gasteiger partial charge in [0.1, 0.15) is 6.61 Å². The molecule has 0 saturated carbocycles. The van der Waals surface area contributed by atoms with Crippen LogP contribution in [0.25, 0.3) is 0 Å². The molecule has 114 valence electrons. The van der Waals surface area contributed by atoms with E-state index in [1.54, 1.807) is 12.1 Å². The Morgan fingerprint density at radius 3 is 2.55 bits per heavy atom. The predicted octanol–water partition coefficient (Wildman–Crippen LogP) is 2.02. The van der Waals surface area contributed by atoms with Crippen molar-refractivity contribution in [2.24, 2.45) is 0 Å². The van der Waals surface area contributed by atoms with Crippen molar-refractivity contribution < 1.29 is 24.5 Å². The zero-order valence-corrected chi connectivity index (χ0v) is 11.5. The summed E-state index contributed by atoms with van der Waals surface area (Å²) in [7, 11) is 0. The minimum absolute atomic E-state index is 0.0305. The van der Waals surface area contributed by atoms with E-state index in [0.717, 1.165) is 5.56 Å². The van der Waals surface area contributed by atoms with E-state index >= 15 is 0 Å². The summed E-state index contributed by atoms with van der Waals surface area (Å²) >= 11 is 0. The molecular formula is C15H14N2O5. The molecule has 1 aromatic carbocycles. The SMILES string of the molecule is O=C(Nc1cc(CO)cnc1C(=O)O)OCc1ccccc1. The van der Waals surface area contributed by atoms with Gasteiger partial charge in [0.25, 0.3) is 0 Å². The Bertz CT molecular complexity index is 673. The van der Waals surface area contributed by atoms with Crippen LogP contribution in [0.15, 0.2) is 42.6 Å². The Morgan fingerprint density at radius 2 is 1.91 bits per heavy atom. The van der Waals surface area contributed by atoms with Gasteiger partial charge in [-0.15, -0.1) is 0 Å². The van der Waals surface area contributed by atoms with Crippen LogP contribution in [0.1, 0.15) is 21.6 Å². The number of benzene rings is 1. The van der Waals surface area contributed by atoms with Gasteiger partial charge in [0, 0.05) is 6.20 Å². The standard InChI is InChI=1S/C15H14N2O5/c18-8-11-6-12(13(14(19)20)16-7-11)17-15(21)22-9-10-4-2-1-3-5-10/h1-7,18H,8-9H2,(H,17,21)(H,19,20). The number of aromatic nitrogens is 1. The molecule has 0 saturated heterocycles. The van der Waals surface area contributed by atoms with E-state index in [9.17, 15) is 9.59 Å². The van der Waals surface area contributed by atoms with Crippen molar-refractivity contribution in [1.82, 2.24) is 4.98 Å². The highest BCUT2D eigenvalue weighted by molar-refractivity contribution is 5.97. The van der Waals surface area contributed by atoms with Crippen LogP contribution in [0.3, 0.4) is 0 Å². The molecule has 0 spiro atoms. The average Bonchev–Trinajstić information content (AvgIpc) is 2.53. The number of amides is 1. The molecule has 0 aliphatic carbocycles. The molecule has 1 amide bonds. The van der Waals surface area contributed by atoms with Gasteiger partial charge >= 0.3 is 12.1 Å². The average molecular weight is 302 g/mol. The number of hydrogen-bond acceptors (Lipinski definition) is 5. The fourth-order valence-electron chi connectivity index (χ4n) is 1.73. The van der Waals surface area contributed by atoms with Gasteiger partial charge in [-0.2, -0.15) is 0 Å². The molecule has 1 heterocycles. The molecule has 7 heteroatoms. The fraction of sp³-hybridized carbons (Fsp3) is 0.133. The number of carboxylic acid groups (broad SMARTS) is 1. The molecule has 22 heavy (non-hydrogen) atoms. The molecule has 0 radical (unpaired) electrons. The molecule has 7 nitrogen and oxygen atoms in total. The topological polar surface area (TPSA) is 109 Å². The van der Waals surface area contributed by atoms with E-state index in [4.69, 9.17) is 14.9 Å². The zero-order chi connectivity index (χ0) is 15.9. The van der Waals surface area contributed by atoms with E-state index < -0.39 is 12.1 Å². The predicted molar refractivity (Wildman–Crippen MR) is 77.4 cm³/mol. The fourth-order valence-corrected chi connectivity index (χ4v) is 1.73. The number of carbonyl (C=O) groups excluding carboxylic acids is 1. The second-order valence-corrected chi connectivity index (χ2v) is 4.39. The Labute approximate surface area is 126 Å². The zero-order valence-electron chi connectivity index (χ0n) is 11.5. The number of pyridine rings is 1. The van der Waals surface area contributed by atoms with Crippen molar-refractivity contribution in [3.05, 3.63) is 59.4 Å². The highest BCUT2D eigenvalue weighted by atomic mass is 16.5. The number of rotatable bonds is 5. The number of carboxylic acids is 1. The Balaban J connectivity index is 2.05. The Morgan fingerprint density at radius 1 is 1.18 bits per heavy atom. The van der Waals surface area contributed by atoms with Crippen LogP contribution in [0.2, 0.25) is 0 Å². The molecule has 3 N–H and O–H groups in total. The number of carbonyl (C=O) groups is 2. The van der Waals surface area contributed by atoms with Crippen LogP contribution in [0.4, 0.5) is 10.5 Å². The summed E-state index contributed by atoms with van der Waals surface area (Å²) in [4.78, 5) is 26.5. The van der Waals surface area contributed by atoms with Crippen molar-refractivity contribution in [2.45, 2.75) is 13.2 Å². The number of hydrogen-bond donors (Lipinski definition) is 3. The highest BCUT2D eigenvalue weighted by Crippen LogP contribution is 2.16. The lowest BCUT2D eigenvalue weighted by molar-refractivity contribution is 0.0691. The summed E-state index contributed by atoms with van der Waals surface area (Å²) < 4.78 is 5.01. The molecular weight excluding hydrogens is 288 g/mol. The van der Waals surface area contributed by atoms with E-state index in [1.165, 1.54) is 12.3 Å². The van der Waals surface area contributed by atoms with Gasteiger partial charge < -0.3 is 14.9 Å². The number of nitrogens with zero attached hydrogens (tertiary/aromatic N) is 1. The third-order valence-electron chi connectivity index (χ3n) is 2.78. The number of ether oxygens (including phenoxy) is 1. The molecule has 0 unspecified atom stereocenters. The molecule has 0 aliphatic rings. The minimum Gasteiger partial charge on any atom is -0.476 e. The Hall–Kier alpha value is -2.93. The van der Waals surface area contributed by atoms with Crippen LogP contribution in [0, 0.1) is 0 Å². The maximum Gasteiger partial charge on any atom is 0.412 e. The second kappa shape index (κ2) is 7.19. The van der Waals surface area contributed by atoms with Crippen molar-refractivity contribution >= 4 is 17.7 Å². The van der Waals surface area contributed by atoms with Crippen molar-refractivity contribution in [3.8, 4) is 0 Å². The monoisotopic (exact) mass is 302 g/mol. The third kappa shape index (κ3) is 4.03. The molecule has 2 aromatic rings. The normalized spacial score (nSPS) is 10.0. The number of aromatic carboxylic acids is 1. The van der Waals surface area contributed by atoms with E-state index in [1.807, 2.05) is 18.2 Å². The van der Waals surface area contributed by atoms with E-state index in [0.29, 0.717) is 5.56 Å². The summed E-state index contributed by atoms with van der Waals surface area (Å²) in [5.74, 6) is -1.29. The number of anilines is 1. The smallest absolute Gasteiger partial charge is 0.412 e. The van der Waals surface area contributed by atoms with Gasteiger partial charge in [-0.3, -0.25) is 5.32 Å². The molecule has 0 fully saturated rings. The first-order chi connectivity index (χ1) is 10.6. The van der Waals surface area contributed by atoms with E-state index in [2.05, 4.69) is 10.3 Å². The molecule has 0 atom stereocenters. The van der Waals surface area contributed by atoms with Crippen molar-refractivity contribution in [2.75, 3.05) is 5.32 Å². The van der Waals surface area contributed by atoms with Crippen LogP contribution in [-0.2, 0) is 18.0 Å². The van der Waals surface area contributed by atoms with Gasteiger partial charge in [-0.05, 0) is 17.2 Å². The molecule has 1 aromatic heterocycles. The highest BCUT2D eigenvalue weighted by Gasteiger charge is 2.15. The Kier molecular flexibility index (Phi) is 5.05. The molecule has 0 aliphatic heterocycles.